The molecule has 1 amide bonds. The number of nitrogens with zero attached hydrogens (tertiary/aromatic N) is 2. The van der Waals surface area contributed by atoms with Crippen LogP contribution in [0.3, 0.4) is 0 Å². The van der Waals surface area contributed by atoms with Gasteiger partial charge in [-0.3, -0.25) is 4.79 Å². The van der Waals surface area contributed by atoms with Gasteiger partial charge in [-0.05, 0) is 29.8 Å². The Hall–Kier alpha value is -2.63. The molecule has 0 saturated carbocycles. The van der Waals surface area contributed by atoms with Crippen LogP contribution in [0.5, 0.6) is 0 Å². The number of rotatable bonds is 4. The van der Waals surface area contributed by atoms with Crippen LogP contribution in [0.1, 0.15) is 15.9 Å². The molecule has 1 aliphatic heterocycles. The maximum absolute atomic E-state index is 12.9. The second kappa shape index (κ2) is 7.94. The topological polar surface area (TPSA) is 54.5 Å². The Morgan fingerprint density at radius 1 is 1.11 bits per heavy atom. The summed E-state index contributed by atoms with van der Waals surface area (Å²) in [5, 5.41) is 4.53. The van der Waals surface area contributed by atoms with Crippen molar-refractivity contribution < 1.29 is 9.53 Å². The van der Waals surface area contributed by atoms with Crippen LogP contribution in [-0.4, -0.2) is 37.2 Å². The van der Waals surface area contributed by atoms with Crippen LogP contribution < -0.4 is 10.2 Å². The van der Waals surface area contributed by atoms with Crippen LogP contribution in [-0.2, 0) is 11.3 Å². The van der Waals surface area contributed by atoms with Crippen LogP contribution in [0.4, 0.5) is 5.82 Å². The lowest BCUT2D eigenvalue weighted by Gasteiger charge is -2.28. The molecule has 0 spiro atoms. The summed E-state index contributed by atoms with van der Waals surface area (Å²) in [7, 11) is 0. The molecule has 4 rings (SSSR count). The number of pyridine rings is 1. The van der Waals surface area contributed by atoms with Gasteiger partial charge in [0.25, 0.3) is 5.91 Å². The zero-order valence-corrected chi connectivity index (χ0v) is 15.6. The highest BCUT2D eigenvalue weighted by molar-refractivity contribution is 6.30. The second-order valence-corrected chi connectivity index (χ2v) is 6.89. The number of carbonyl (C=O) groups excluding carboxylic acids is 1. The Morgan fingerprint density at radius 3 is 2.63 bits per heavy atom. The van der Waals surface area contributed by atoms with Gasteiger partial charge in [0.1, 0.15) is 5.82 Å². The summed E-state index contributed by atoms with van der Waals surface area (Å²) in [4.78, 5) is 19.8. The summed E-state index contributed by atoms with van der Waals surface area (Å²) < 4.78 is 5.42. The first-order valence-corrected chi connectivity index (χ1v) is 9.33. The van der Waals surface area contributed by atoms with Crippen LogP contribution in [0.15, 0.2) is 54.6 Å². The molecule has 2 aromatic carbocycles. The van der Waals surface area contributed by atoms with Gasteiger partial charge in [-0.25, -0.2) is 4.98 Å². The first kappa shape index (κ1) is 17.8. The van der Waals surface area contributed by atoms with Crippen molar-refractivity contribution in [2.24, 2.45) is 0 Å². The number of benzene rings is 2. The minimum absolute atomic E-state index is 0.113. The van der Waals surface area contributed by atoms with Crippen LogP contribution in [0, 0.1) is 0 Å². The molecule has 1 aromatic heterocycles. The highest BCUT2D eigenvalue weighted by atomic mass is 35.5. The Morgan fingerprint density at radius 2 is 1.85 bits per heavy atom. The minimum Gasteiger partial charge on any atom is -0.378 e. The summed E-state index contributed by atoms with van der Waals surface area (Å²) in [6.07, 6.45) is 0. The van der Waals surface area contributed by atoms with Gasteiger partial charge in [0.05, 0.1) is 24.3 Å². The molecule has 6 heteroatoms. The number of hydrogen-bond acceptors (Lipinski definition) is 4. The van der Waals surface area contributed by atoms with Crippen molar-refractivity contribution >= 4 is 34.2 Å². The normalized spacial score (nSPS) is 14.3. The molecule has 0 unspecified atom stereocenters. The lowest BCUT2D eigenvalue weighted by Crippen LogP contribution is -2.37. The average Bonchev–Trinajstić information content (AvgIpc) is 2.73. The summed E-state index contributed by atoms with van der Waals surface area (Å²) in [5.41, 5.74) is 2.45. The van der Waals surface area contributed by atoms with E-state index in [0.29, 0.717) is 30.3 Å². The third kappa shape index (κ3) is 4.04. The number of carbonyl (C=O) groups is 1. The first-order valence-electron chi connectivity index (χ1n) is 8.96. The van der Waals surface area contributed by atoms with Crippen molar-refractivity contribution in [2.45, 2.75) is 6.54 Å². The van der Waals surface area contributed by atoms with E-state index in [1.54, 1.807) is 0 Å². The number of halogens is 1. The number of anilines is 1. The third-order valence-electron chi connectivity index (χ3n) is 4.65. The molecule has 0 bridgehead atoms. The highest BCUT2D eigenvalue weighted by Crippen LogP contribution is 2.24. The summed E-state index contributed by atoms with van der Waals surface area (Å²) in [5.74, 6) is 0.701. The van der Waals surface area contributed by atoms with E-state index in [4.69, 9.17) is 21.3 Å². The summed E-state index contributed by atoms with van der Waals surface area (Å²) in [6, 6.07) is 17.1. The van der Waals surface area contributed by atoms with Crippen LogP contribution in [0.25, 0.3) is 10.9 Å². The van der Waals surface area contributed by atoms with E-state index in [9.17, 15) is 4.79 Å². The molecule has 1 N–H and O–H groups in total. The van der Waals surface area contributed by atoms with Crippen molar-refractivity contribution in [3.63, 3.8) is 0 Å². The molecule has 0 radical (unpaired) electrons. The number of ether oxygens (including phenoxy) is 1. The molecule has 0 atom stereocenters. The molecular weight excluding hydrogens is 362 g/mol. The van der Waals surface area contributed by atoms with Gasteiger partial charge in [0.15, 0.2) is 0 Å². The zero-order valence-electron chi connectivity index (χ0n) is 14.8. The van der Waals surface area contributed by atoms with E-state index in [2.05, 4.69) is 10.2 Å². The number of morpholine rings is 1. The minimum atomic E-state index is -0.113. The molecule has 1 aliphatic rings. The lowest BCUT2D eigenvalue weighted by molar-refractivity contribution is 0.0952. The van der Waals surface area contributed by atoms with Gasteiger partial charge in [-0.15, -0.1) is 0 Å². The molecule has 1 fully saturated rings. The molecule has 3 aromatic rings. The number of aromatic nitrogens is 1. The van der Waals surface area contributed by atoms with E-state index in [0.717, 1.165) is 35.4 Å². The summed E-state index contributed by atoms with van der Waals surface area (Å²) in [6.45, 7) is 3.34. The number of fused-ring (bicyclic) bond motifs is 1. The van der Waals surface area contributed by atoms with E-state index >= 15 is 0 Å². The highest BCUT2D eigenvalue weighted by Gasteiger charge is 2.18. The number of amides is 1. The maximum atomic E-state index is 12.9. The Balaban J connectivity index is 1.62. The standard InChI is InChI=1S/C21H20ClN3O2/c22-16-7-5-15(6-8-16)14-23-21(26)18-13-20(25-9-11-27-12-10-25)24-19-4-2-1-3-17(18)19/h1-8,13H,9-12,14H2,(H,23,26). The Kier molecular flexibility index (Phi) is 5.23. The molecule has 1 saturated heterocycles. The first-order chi connectivity index (χ1) is 13.2. The SMILES string of the molecule is O=C(NCc1ccc(Cl)cc1)c1cc(N2CCOCC2)nc2ccccc12. The van der Waals surface area contributed by atoms with Crippen LogP contribution in [0.2, 0.25) is 5.02 Å². The second-order valence-electron chi connectivity index (χ2n) is 6.45. The van der Waals surface area contributed by atoms with Gasteiger partial charge in [-0.2, -0.15) is 0 Å². The van der Waals surface area contributed by atoms with Crippen LogP contribution >= 0.6 is 11.6 Å². The van der Waals surface area contributed by atoms with E-state index in [1.165, 1.54) is 0 Å². The van der Waals surface area contributed by atoms with Gasteiger partial charge in [0.2, 0.25) is 0 Å². The van der Waals surface area contributed by atoms with Crippen molar-refractivity contribution in [3.05, 3.63) is 70.7 Å². The molecule has 27 heavy (non-hydrogen) atoms. The number of hydrogen-bond donors (Lipinski definition) is 1. The quantitative estimate of drug-likeness (QED) is 0.749. The van der Waals surface area contributed by atoms with Gasteiger partial charge in [-0.1, -0.05) is 41.9 Å². The van der Waals surface area contributed by atoms with Crippen molar-refractivity contribution in [1.82, 2.24) is 10.3 Å². The fourth-order valence-electron chi connectivity index (χ4n) is 3.18. The van der Waals surface area contributed by atoms with Crippen molar-refractivity contribution in [1.29, 1.82) is 0 Å². The molecule has 0 aliphatic carbocycles. The fourth-order valence-corrected chi connectivity index (χ4v) is 3.31. The summed E-state index contributed by atoms with van der Waals surface area (Å²) >= 11 is 5.92. The molecule has 2 heterocycles. The molecular formula is C21H20ClN3O2. The monoisotopic (exact) mass is 381 g/mol. The fraction of sp³-hybridized carbons (Fsp3) is 0.238. The van der Waals surface area contributed by atoms with Crippen molar-refractivity contribution in [3.8, 4) is 0 Å². The molecule has 138 valence electrons. The van der Waals surface area contributed by atoms with Crippen molar-refractivity contribution in [2.75, 3.05) is 31.2 Å². The molecule has 5 nitrogen and oxygen atoms in total. The Labute approximate surface area is 162 Å². The number of para-hydroxylation sites is 1. The average molecular weight is 382 g/mol. The largest absolute Gasteiger partial charge is 0.378 e. The Bertz CT molecular complexity index is 953. The third-order valence-corrected chi connectivity index (χ3v) is 4.90. The number of nitrogens with one attached hydrogen (secondary N) is 1. The van der Waals surface area contributed by atoms with E-state index < -0.39 is 0 Å². The maximum Gasteiger partial charge on any atom is 0.252 e. The van der Waals surface area contributed by atoms with Gasteiger partial charge < -0.3 is 15.0 Å². The predicted molar refractivity (Wildman–Crippen MR) is 107 cm³/mol. The van der Waals surface area contributed by atoms with E-state index in [1.807, 2.05) is 54.6 Å². The van der Waals surface area contributed by atoms with E-state index in [-0.39, 0.29) is 5.91 Å². The lowest BCUT2D eigenvalue weighted by atomic mass is 10.1. The smallest absolute Gasteiger partial charge is 0.252 e. The zero-order chi connectivity index (χ0) is 18.6. The van der Waals surface area contributed by atoms with Gasteiger partial charge >= 0.3 is 0 Å². The van der Waals surface area contributed by atoms with Gasteiger partial charge in [0, 0.05) is 30.0 Å². The predicted octanol–water partition coefficient (Wildman–Crippen LogP) is 3.65.